The van der Waals surface area contributed by atoms with E-state index in [1.807, 2.05) is 80.5 Å². The summed E-state index contributed by atoms with van der Waals surface area (Å²) in [6.45, 7) is 5.72. The van der Waals surface area contributed by atoms with Gasteiger partial charge < -0.3 is 29.3 Å². The van der Waals surface area contributed by atoms with Gasteiger partial charge in [-0.15, -0.1) is 0 Å². The van der Waals surface area contributed by atoms with E-state index in [9.17, 15) is 28.2 Å². The molecule has 0 radical (unpaired) electrons. The zero-order valence-corrected chi connectivity index (χ0v) is 31.6. The molecule has 0 spiro atoms. The number of benzene rings is 3. The summed E-state index contributed by atoms with van der Waals surface area (Å²) in [6, 6.07) is 19.1. The van der Waals surface area contributed by atoms with E-state index >= 15 is 0 Å². The van der Waals surface area contributed by atoms with Crippen molar-refractivity contribution in [3.05, 3.63) is 72.3 Å². The number of methoxy groups -OCH3 is 1. The van der Waals surface area contributed by atoms with Crippen molar-refractivity contribution in [3.63, 3.8) is 0 Å². The molecule has 4 rings (SSSR count). The molecule has 1 saturated heterocycles. The van der Waals surface area contributed by atoms with Crippen molar-refractivity contribution in [1.82, 2.24) is 31.4 Å². The topological polar surface area (TPSA) is 176 Å². The minimum Gasteiger partial charge on any atom is -0.497 e. The highest BCUT2D eigenvalue weighted by Gasteiger charge is 2.27. The quantitative estimate of drug-likeness (QED) is 0.0769. The zero-order valence-electron chi connectivity index (χ0n) is 30.8. The molecule has 284 valence electrons. The molecule has 3 aromatic carbocycles. The summed E-state index contributed by atoms with van der Waals surface area (Å²) in [6.07, 6.45) is 0. The van der Waals surface area contributed by atoms with Crippen molar-refractivity contribution in [3.8, 4) is 16.9 Å². The third-order valence-corrected chi connectivity index (χ3v) is 10.4. The van der Waals surface area contributed by atoms with E-state index in [2.05, 4.69) is 21.8 Å². The summed E-state index contributed by atoms with van der Waals surface area (Å²) in [5.41, 5.74) is 16.3. The number of nitrogens with zero attached hydrogens (tertiary/aromatic N) is 5. The number of carbonyl (C=O) groups is 2. The Morgan fingerprint density at radius 1 is 0.769 bits per heavy atom. The van der Waals surface area contributed by atoms with E-state index < -0.39 is 21.8 Å². The van der Waals surface area contributed by atoms with E-state index in [-0.39, 0.29) is 22.9 Å². The van der Waals surface area contributed by atoms with Crippen LogP contribution >= 0.6 is 0 Å². The number of sulfone groups is 1. The number of hydrazine groups is 4. The van der Waals surface area contributed by atoms with Crippen LogP contribution in [0.25, 0.3) is 11.1 Å². The molecular weight excluding hydrogens is 691 g/mol. The Morgan fingerprint density at radius 2 is 1.29 bits per heavy atom. The number of hydrogen-bond acceptors (Lipinski definition) is 12. The molecule has 0 bridgehead atoms. The lowest BCUT2D eigenvalue weighted by molar-refractivity contribution is -0.882. The van der Waals surface area contributed by atoms with Crippen LogP contribution in [0.3, 0.4) is 0 Å². The van der Waals surface area contributed by atoms with Crippen LogP contribution in [0.15, 0.2) is 76.5 Å². The second-order valence-electron chi connectivity index (χ2n) is 14.3. The van der Waals surface area contributed by atoms with Crippen molar-refractivity contribution >= 4 is 27.5 Å². The predicted octanol–water partition coefficient (Wildman–Crippen LogP) is 1.46. The van der Waals surface area contributed by atoms with Crippen LogP contribution in [0.5, 0.6) is 5.75 Å². The van der Waals surface area contributed by atoms with Crippen LogP contribution in [-0.2, 0) is 19.4 Å². The van der Waals surface area contributed by atoms with Crippen molar-refractivity contribution in [2.75, 3.05) is 100 Å². The van der Waals surface area contributed by atoms with Crippen molar-refractivity contribution < 1.29 is 41.9 Å². The smallest absolute Gasteiger partial charge is 0.359 e. The number of anilines is 1. The third-order valence-electron chi connectivity index (χ3n) is 8.60. The van der Waals surface area contributed by atoms with E-state index in [1.165, 1.54) is 7.11 Å². The van der Waals surface area contributed by atoms with Crippen LogP contribution in [0.1, 0.15) is 5.56 Å². The predicted molar refractivity (Wildman–Crippen MR) is 197 cm³/mol. The summed E-state index contributed by atoms with van der Waals surface area (Å²) in [5.74, 6) is -1.13. The number of aryl methyl sites for hydroxylation is 1. The molecule has 1 heterocycles. The molecular formula is C35H53N9O7S+2. The van der Waals surface area contributed by atoms with Gasteiger partial charge in [-0.1, -0.05) is 29.8 Å². The second-order valence-corrected chi connectivity index (χ2v) is 16.2. The van der Waals surface area contributed by atoms with Crippen LogP contribution in [0.2, 0.25) is 0 Å². The number of carboxylic acids is 2. The molecule has 0 aliphatic carbocycles. The van der Waals surface area contributed by atoms with Crippen molar-refractivity contribution in [2.24, 2.45) is 0 Å². The molecule has 3 aromatic rings. The van der Waals surface area contributed by atoms with Gasteiger partial charge in [0.1, 0.15) is 5.75 Å². The molecule has 1 fully saturated rings. The maximum Gasteiger partial charge on any atom is 0.359 e. The van der Waals surface area contributed by atoms with Crippen LogP contribution in [-0.4, -0.2) is 149 Å². The Hall–Kier alpha value is -4.17. The average molecular weight is 744 g/mol. The highest BCUT2D eigenvalue weighted by atomic mass is 32.2. The van der Waals surface area contributed by atoms with Gasteiger partial charge in [-0.05, 0) is 55.0 Å². The first kappa shape index (κ1) is 40.6. The van der Waals surface area contributed by atoms with Gasteiger partial charge in [0.15, 0.2) is 13.1 Å². The summed E-state index contributed by atoms with van der Waals surface area (Å²) < 4.78 is 33.3. The molecule has 6 N–H and O–H groups in total. The molecule has 0 unspecified atom stereocenters. The van der Waals surface area contributed by atoms with Crippen LogP contribution in [0, 0.1) is 6.92 Å². The molecule has 1 aliphatic heterocycles. The molecule has 0 amide bonds. The van der Waals surface area contributed by atoms with Crippen molar-refractivity contribution in [2.45, 2.75) is 16.7 Å². The number of nitrogens with one attached hydrogen (secondary N) is 4. The van der Waals surface area contributed by atoms with Gasteiger partial charge in [-0.2, -0.15) is 10.5 Å². The van der Waals surface area contributed by atoms with Crippen LogP contribution in [0.4, 0.5) is 5.69 Å². The molecule has 0 saturated carbocycles. The maximum atomic E-state index is 13.7. The molecule has 52 heavy (non-hydrogen) atoms. The maximum absolute atomic E-state index is 13.7. The number of rotatable bonds is 19. The fraction of sp³-hybridized carbons (Fsp3) is 0.429. The van der Waals surface area contributed by atoms with Gasteiger partial charge in [0, 0.05) is 5.56 Å². The lowest BCUT2D eigenvalue weighted by Gasteiger charge is -2.42. The first-order valence-electron chi connectivity index (χ1n) is 16.9. The van der Waals surface area contributed by atoms with E-state index in [1.54, 1.807) is 36.4 Å². The number of quaternary nitrogens is 2. The number of aliphatic carboxylic acids is 2. The van der Waals surface area contributed by atoms with Gasteiger partial charge in [-0.3, -0.25) is 0 Å². The molecule has 16 nitrogen and oxygen atoms in total. The SMILES string of the molecule is COc1ccc(S(=O)(=O)c2ccc(C)cc2-c2ccc(NNN3CN(NCC[N+](C)(C)CC(=O)O)CN(NCC[N+](C)(C)CC(=O)O)C3)cc2)cc1. The number of ether oxygens (including phenoxy) is 1. The fourth-order valence-corrected chi connectivity index (χ4v) is 7.26. The van der Waals surface area contributed by atoms with E-state index in [0.29, 0.717) is 66.5 Å². The summed E-state index contributed by atoms with van der Waals surface area (Å²) in [7, 11) is 5.22. The van der Waals surface area contributed by atoms with Gasteiger partial charge in [0.05, 0.1) is 97.0 Å². The highest BCUT2D eigenvalue weighted by molar-refractivity contribution is 7.91. The molecule has 0 aromatic heterocycles. The van der Waals surface area contributed by atoms with Gasteiger partial charge in [0.25, 0.3) is 0 Å². The Bertz CT molecular complexity index is 1730. The lowest BCUT2D eigenvalue weighted by Crippen LogP contribution is -2.66. The number of likely N-dealkylation sites (N-methyl/N-ethyl adjacent to an activating group) is 2. The summed E-state index contributed by atoms with van der Waals surface area (Å²) in [5, 5.41) is 24.4. The molecule has 1 aliphatic rings. The Balaban J connectivity index is 1.44. The van der Waals surface area contributed by atoms with Gasteiger partial charge >= 0.3 is 11.9 Å². The minimum atomic E-state index is -3.81. The summed E-state index contributed by atoms with van der Waals surface area (Å²) in [4.78, 5) is 22.9. The van der Waals surface area contributed by atoms with Gasteiger partial charge in [-0.25, -0.2) is 38.9 Å². The Labute approximate surface area is 306 Å². The lowest BCUT2D eigenvalue weighted by atomic mass is 10.0. The zero-order chi connectivity index (χ0) is 38.1. The Kier molecular flexibility index (Phi) is 13.7. The number of carboxylic acid groups (broad SMARTS) is 2. The van der Waals surface area contributed by atoms with Gasteiger partial charge in [0.2, 0.25) is 9.84 Å². The first-order chi connectivity index (χ1) is 24.5. The minimum absolute atomic E-state index is 0.0137. The first-order valence-corrected chi connectivity index (χ1v) is 18.4. The third kappa shape index (κ3) is 11.9. The standard InChI is InChI=1S/C35H51N9O7S/c1-27-7-16-33(52(49,50)31-14-12-30(51-6)13-15-31)32(21-27)28-8-10-29(11-9-28)38-39-42-25-40(36-17-19-43(2,3)22-34(45)46)24-41(26-42)37-18-20-44(4,5)23-35(47)48/h7-16,21,36-39H,17-20,22-26H2,1-6H3/p+2. The summed E-state index contributed by atoms with van der Waals surface area (Å²) >= 11 is 0. The monoisotopic (exact) mass is 743 g/mol. The molecule has 17 heteroatoms. The average Bonchev–Trinajstić information content (AvgIpc) is 3.06. The fourth-order valence-electron chi connectivity index (χ4n) is 5.80. The normalized spacial score (nSPS) is 15.0. The largest absolute Gasteiger partial charge is 0.497 e. The van der Waals surface area contributed by atoms with E-state index in [4.69, 9.17) is 4.74 Å². The Morgan fingerprint density at radius 3 is 1.79 bits per heavy atom. The van der Waals surface area contributed by atoms with Crippen molar-refractivity contribution in [1.29, 1.82) is 0 Å². The second kappa shape index (κ2) is 17.6. The van der Waals surface area contributed by atoms with E-state index in [0.717, 1.165) is 16.8 Å². The molecule has 0 atom stereocenters. The van der Waals surface area contributed by atoms with Crippen LogP contribution < -0.4 is 26.5 Å². The number of hydrogen-bond donors (Lipinski definition) is 6. The highest BCUT2D eigenvalue weighted by Crippen LogP contribution is 2.33.